The fourth-order valence-corrected chi connectivity index (χ4v) is 3.12. The summed E-state index contributed by atoms with van der Waals surface area (Å²) in [5.74, 6) is 1.72. The van der Waals surface area contributed by atoms with Crippen LogP contribution in [0.1, 0.15) is 51.0 Å². The largest absolute Gasteiger partial charge is 0.349 e. The Kier molecular flexibility index (Phi) is 7.31. The summed E-state index contributed by atoms with van der Waals surface area (Å²) in [4.78, 5) is 16.7. The quantitative estimate of drug-likeness (QED) is 0.678. The summed E-state index contributed by atoms with van der Waals surface area (Å²) in [5.41, 5.74) is 1.15. The van der Waals surface area contributed by atoms with Crippen LogP contribution in [0.3, 0.4) is 0 Å². The van der Waals surface area contributed by atoms with E-state index in [2.05, 4.69) is 53.4 Å². The molecular formula is C18H26N4OS. The maximum Gasteiger partial charge on any atom is 0.230 e. The third-order valence-electron chi connectivity index (χ3n) is 3.57. The molecule has 1 amide bonds. The van der Waals surface area contributed by atoms with Gasteiger partial charge < -0.3 is 5.32 Å². The second-order valence-corrected chi connectivity index (χ2v) is 7.21. The fraction of sp³-hybridized carbons (Fsp3) is 0.500. The lowest BCUT2D eigenvalue weighted by molar-refractivity contribution is -0.119. The Morgan fingerprint density at radius 3 is 2.71 bits per heavy atom. The van der Waals surface area contributed by atoms with Crippen molar-refractivity contribution in [2.24, 2.45) is 5.92 Å². The van der Waals surface area contributed by atoms with Gasteiger partial charge in [-0.3, -0.25) is 9.89 Å². The van der Waals surface area contributed by atoms with Gasteiger partial charge in [-0.15, -0.1) is 5.10 Å². The molecule has 1 atom stereocenters. The number of hydrogen-bond donors (Lipinski definition) is 2. The van der Waals surface area contributed by atoms with E-state index in [1.54, 1.807) is 0 Å². The van der Waals surface area contributed by atoms with Gasteiger partial charge in [0, 0.05) is 6.42 Å². The zero-order valence-electron chi connectivity index (χ0n) is 14.6. The van der Waals surface area contributed by atoms with Crippen LogP contribution < -0.4 is 5.32 Å². The van der Waals surface area contributed by atoms with Crippen LogP contribution in [0, 0.1) is 5.92 Å². The van der Waals surface area contributed by atoms with Crippen LogP contribution in [-0.4, -0.2) is 26.8 Å². The van der Waals surface area contributed by atoms with Crippen molar-refractivity contribution in [2.45, 2.75) is 51.2 Å². The molecule has 0 aliphatic rings. The number of hydrogen-bond acceptors (Lipinski definition) is 4. The SMILES string of the molecule is CCCc1nc(SCC(=O)NC(CC(C)C)c2ccccc2)n[nH]1. The molecule has 1 aromatic carbocycles. The first-order valence-corrected chi connectivity index (χ1v) is 9.45. The number of aromatic nitrogens is 3. The van der Waals surface area contributed by atoms with Crippen molar-refractivity contribution >= 4 is 17.7 Å². The Balaban J connectivity index is 1.90. The molecule has 0 spiro atoms. The summed E-state index contributed by atoms with van der Waals surface area (Å²) >= 11 is 1.37. The Morgan fingerprint density at radius 2 is 2.04 bits per heavy atom. The van der Waals surface area contributed by atoms with Crippen LogP contribution in [0.5, 0.6) is 0 Å². The molecule has 0 fully saturated rings. The normalized spacial score (nSPS) is 12.3. The zero-order chi connectivity index (χ0) is 17.4. The summed E-state index contributed by atoms with van der Waals surface area (Å²) in [5, 5.41) is 10.8. The first-order chi connectivity index (χ1) is 11.6. The monoisotopic (exact) mass is 346 g/mol. The number of benzene rings is 1. The lowest BCUT2D eigenvalue weighted by atomic mass is 9.97. The minimum atomic E-state index is 0.0105. The van der Waals surface area contributed by atoms with Crippen LogP contribution in [0.25, 0.3) is 0 Å². The van der Waals surface area contributed by atoms with Gasteiger partial charge in [-0.05, 0) is 24.3 Å². The van der Waals surface area contributed by atoms with E-state index in [4.69, 9.17) is 0 Å². The lowest BCUT2D eigenvalue weighted by Crippen LogP contribution is -2.30. The molecule has 0 saturated heterocycles. The van der Waals surface area contributed by atoms with Crippen molar-refractivity contribution in [2.75, 3.05) is 5.75 Å². The number of nitrogens with zero attached hydrogens (tertiary/aromatic N) is 2. The Labute approximate surface area is 148 Å². The van der Waals surface area contributed by atoms with Crippen LogP contribution in [0.2, 0.25) is 0 Å². The Bertz CT molecular complexity index is 627. The van der Waals surface area contributed by atoms with Gasteiger partial charge in [-0.25, -0.2) is 4.98 Å². The van der Waals surface area contributed by atoms with Crippen molar-refractivity contribution in [3.05, 3.63) is 41.7 Å². The molecule has 0 saturated carbocycles. The van der Waals surface area contributed by atoms with Gasteiger partial charge in [-0.1, -0.05) is 62.9 Å². The third-order valence-corrected chi connectivity index (χ3v) is 4.42. The first kappa shape index (κ1) is 18.5. The van der Waals surface area contributed by atoms with E-state index in [1.807, 2.05) is 18.2 Å². The number of carbonyl (C=O) groups excluding carboxylic acids is 1. The number of nitrogens with one attached hydrogen (secondary N) is 2. The number of aromatic amines is 1. The second kappa shape index (κ2) is 9.47. The summed E-state index contributed by atoms with van der Waals surface area (Å²) in [6.45, 7) is 6.43. The minimum Gasteiger partial charge on any atom is -0.349 e. The molecule has 0 aliphatic heterocycles. The fourth-order valence-electron chi connectivity index (χ4n) is 2.49. The minimum absolute atomic E-state index is 0.0105. The number of H-pyrrole nitrogens is 1. The van der Waals surface area contributed by atoms with Gasteiger partial charge >= 0.3 is 0 Å². The topological polar surface area (TPSA) is 70.7 Å². The van der Waals surface area contributed by atoms with Crippen LogP contribution in [-0.2, 0) is 11.2 Å². The maximum absolute atomic E-state index is 12.3. The van der Waals surface area contributed by atoms with Gasteiger partial charge in [-0.2, -0.15) is 0 Å². The molecule has 2 aromatic rings. The molecule has 130 valence electrons. The molecular weight excluding hydrogens is 320 g/mol. The van der Waals surface area contributed by atoms with E-state index in [-0.39, 0.29) is 11.9 Å². The number of rotatable bonds is 9. The predicted molar refractivity (Wildman–Crippen MR) is 97.9 cm³/mol. The van der Waals surface area contributed by atoms with Crippen LogP contribution >= 0.6 is 11.8 Å². The van der Waals surface area contributed by atoms with Gasteiger partial charge in [0.05, 0.1) is 11.8 Å². The summed E-state index contributed by atoms with van der Waals surface area (Å²) in [7, 11) is 0. The standard InChI is InChI=1S/C18H26N4OS/c1-4-8-16-20-18(22-21-16)24-12-17(23)19-15(11-13(2)3)14-9-6-5-7-10-14/h5-7,9-10,13,15H,4,8,11-12H2,1-3H3,(H,19,23)(H,20,21,22). The number of carbonyl (C=O) groups is 1. The van der Waals surface area contributed by atoms with E-state index in [9.17, 15) is 4.79 Å². The maximum atomic E-state index is 12.3. The highest BCUT2D eigenvalue weighted by Crippen LogP contribution is 2.21. The number of amides is 1. The number of aryl methyl sites for hydroxylation is 1. The molecule has 0 bridgehead atoms. The average molecular weight is 346 g/mol. The van der Waals surface area contributed by atoms with Crippen molar-refractivity contribution in [1.82, 2.24) is 20.5 Å². The molecule has 2 rings (SSSR count). The smallest absolute Gasteiger partial charge is 0.230 e. The highest BCUT2D eigenvalue weighted by molar-refractivity contribution is 7.99. The zero-order valence-corrected chi connectivity index (χ0v) is 15.4. The molecule has 1 unspecified atom stereocenters. The first-order valence-electron chi connectivity index (χ1n) is 8.46. The van der Waals surface area contributed by atoms with Crippen LogP contribution in [0.4, 0.5) is 0 Å². The van der Waals surface area contributed by atoms with Gasteiger partial charge in [0.25, 0.3) is 0 Å². The second-order valence-electron chi connectivity index (χ2n) is 6.26. The van der Waals surface area contributed by atoms with Crippen molar-refractivity contribution in [3.8, 4) is 0 Å². The summed E-state index contributed by atoms with van der Waals surface area (Å²) < 4.78 is 0. The van der Waals surface area contributed by atoms with E-state index < -0.39 is 0 Å². The Hall–Kier alpha value is -1.82. The van der Waals surface area contributed by atoms with E-state index in [0.29, 0.717) is 16.8 Å². The van der Waals surface area contributed by atoms with Crippen LogP contribution in [0.15, 0.2) is 35.5 Å². The molecule has 0 radical (unpaired) electrons. The third kappa shape index (κ3) is 6.00. The average Bonchev–Trinajstić information content (AvgIpc) is 3.01. The van der Waals surface area contributed by atoms with Gasteiger partial charge in [0.1, 0.15) is 5.82 Å². The highest BCUT2D eigenvalue weighted by atomic mass is 32.2. The molecule has 1 aromatic heterocycles. The predicted octanol–water partition coefficient (Wildman–Crippen LogP) is 3.75. The molecule has 24 heavy (non-hydrogen) atoms. The summed E-state index contributed by atoms with van der Waals surface area (Å²) in [6.07, 6.45) is 2.82. The molecule has 0 aliphatic carbocycles. The number of thioether (sulfide) groups is 1. The highest BCUT2D eigenvalue weighted by Gasteiger charge is 2.16. The van der Waals surface area contributed by atoms with E-state index >= 15 is 0 Å². The van der Waals surface area contributed by atoms with E-state index in [0.717, 1.165) is 30.7 Å². The van der Waals surface area contributed by atoms with E-state index in [1.165, 1.54) is 11.8 Å². The van der Waals surface area contributed by atoms with Gasteiger partial charge in [0.15, 0.2) is 0 Å². The summed E-state index contributed by atoms with van der Waals surface area (Å²) in [6, 6.07) is 10.2. The van der Waals surface area contributed by atoms with Crippen molar-refractivity contribution in [3.63, 3.8) is 0 Å². The molecule has 1 heterocycles. The molecule has 5 nitrogen and oxygen atoms in total. The molecule has 2 N–H and O–H groups in total. The lowest BCUT2D eigenvalue weighted by Gasteiger charge is -2.21. The Morgan fingerprint density at radius 1 is 1.29 bits per heavy atom. The van der Waals surface area contributed by atoms with Gasteiger partial charge in [0.2, 0.25) is 11.1 Å². The van der Waals surface area contributed by atoms with Crippen molar-refractivity contribution < 1.29 is 4.79 Å². The molecule has 6 heteroatoms. The van der Waals surface area contributed by atoms with Crippen molar-refractivity contribution in [1.29, 1.82) is 0 Å².